The quantitative estimate of drug-likeness (QED) is 0.0306. The standard InChI is InChI=1S/C67H97F2N13O13/c1-49-17-19-51(20-18-49)13-11-15-58(83)74-50(2)12-5-3-6-14-57(75-59(84)44-77-27-29-78(45-62(87)88)31-33-80(47-64(91)92)34-32-79(30-28-77)46-63(89)90)66(94)72-24-8-4-7-16-60(85)81-37-35-76(36-38-81)26-9-10-39-95-53-21-22-56-55(40-53)54(23-25-71-56)65(93)73-43-61(86)82-48-67(68,69)41-52(82)42-70/h12,17-23,25,40,52,57,66,72,94H,3-11,13-16,24,26-39,41,43-48H2,1-2H3,(H,73,93)(H,74,83)(H,75,84)(H,87,88)(H,89,90)(H,91,92)/b50-12+/t52-,57?,66?/m1/s1. The van der Waals surface area contributed by atoms with Crippen LogP contribution in [0.25, 0.3) is 10.9 Å². The van der Waals surface area contributed by atoms with Crippen LogP contribution in [0.4, 0.5) is 8.78 Å². The summed E-state index contributed by atoms with van der Waals surface area (Å²) in [5.41, 5.74) is 3.85. The molecule has 1 aromatic heterocycles. The number of likely N-dealkylation sites (tertiary alicyclic amines) is 1. The number of aliphatic hydroxyl groups is 1. The lowest BCUT2D eigenvalue weighted by atomic mass is 10.1. The fourth-order valence-corrected chi connectivity index (χ4v) is 11.9. The van der Waals surface area contributed by atoms with E-state index in [1.54, 1.807) is 39.0 Å². The lowest BCUT2D eigenvalue weighted by molar-refractivity contribution is -0.140. The number of carboxylic acids is 3. The third-order valence-electron chi connectivity index (χ3n) is 17.2. The summed E-state index contributed by atoms with van der Waals surface area (Å²) in [5.74, 6) is -7.57. The number of benzene rings is 2. The Labute approximate surface area is 554 Å². The van der Waals surface area contributed by atoms with Crippen LogP contribution in [0.5, 0.6) is 5.75 Å². The third kappa shape index (κ3) is 28.2. The van der Waals surface area contributed by atoms with Crippen LogP contribution < -0.4 is 26.0 Å². The molecule has 95 heavy (non-hydrogen) atoms. The van der Waals surface area contributed by atoms with Gasteiger partial charge in [0.15, 0.2) is 0 Å². The maximum absolute atomic E-state index is 14.0. The Morgan fingerprint density at radius 1 is 0.716 bits per heavy atom. The Morgan fingerprint density at radius 2 is 1.34 bits per heavy atom. The molecule has 4 heterocycles. The van der Waals surface area contributed by atoms with Crippen molar-refractivity contribution < 1.29 is 72.3 Å². The van der Waals surface area contributed by atoms with Crippen LogP contribution in [-0.2, 0) is 40.0 Å². The van der Waals surface area contributed by atoms with Crippen molar-refractivity contribution in [1.29, 1.82) is 5.26 Å². The number of nitrogens with one attached hydrogen (secondary N) is 4. The monoisotopic (exact) mass is 1330 g/mol. The number of carbonyl (C=O) groups is 8. The Hall–Kier alpha value is -7.78. The number of halogens is 2. The smallest absolute Gasteiger partial charge is 0.317 e. The molecule has 0 spiro atoms. The maximum Gasteiger partial charge on any atom is 0.317 e. The van der Waals surface area contributed by atoms with Crippen molar-refractivity contribution in [3.05, 3.63) is 83.2 Å². The SMILES string of the molecule is C/C(=C\CCCCC(NC(=O)CN1CCN(CC(=O)O)CCN(CC(=O)O)CCN(CC(=O)O)CC1)C(O)NCCCCCC(=O)N1CCN(CCCCOc2ccc3nccc(C(=O)NCC(=O)N4CC(F)(F)C[C@@H]4C#N)c3c2)CC1)NC(=O)CCCc1ccc(C)cc1. The number of hydrogen-bond donors (Lipinski definition) is 8. The molecule has 0 radical (unpaired) electrons. The van der Waals surface area contributed by atoms with Crippen LogP contribution in [0.15, 0.2) is 66.5 Å². The highest BCUT2D eigenvalue weighted by molar-refractivity contribution is 6.07. The number of aryl methyl sites for hydroxylation is 2. The van der Waals surface area contributed by atoms with E-state index >= 15 is 0 Å². The van der Waals surface area contributed by atoms with E-state index in [4.69, 9.17) is 4.74 Å². The lowest BCUT2D eigenvalue weighted by Crippen LogP contribution is -2.53. The van der Waals surface area contributed by atoms with Crippen molar-refractivity contribution in [3.63, 3.8) is 0 Å². The van der Waals surface area contributed by atoms with Crippen LogP contribution in [0.3, 0.4) is 0 Å². The van der Waals surface area contributed by atoms with Gasteiger partial charge < -0.3 is 50.9 Å². The minimum Gasteiger partial charge on any atom is -0.494 e. The van der Waals surface area contributed by atoms with E-state index in [9.17, 15) is 72.8 Å². The summed E-state index contributed by atoms with van der Waals surface area (Å²) in [6.07, 6.45) is 9.85. The molecule has 0 aliphatic carbocycles. The van der Waals surface area contributed by atoms with E-state index in [0.717, 1.165) is 62.3 Å². The number of carbonyl (C=O) groups excluding carboxylic acids is 5. The molecule has 3 aliphatic heterocycles. The van der Waals surface area contributed by atoms with E-state index in [0.29, 0.717) is 94.3 Å². The lowest BCUT2D eigenvalue weighted by Gasteiger charge is -2.34. The molecule has 2 aromatic carbocycles. The number of hydrogen-bond acceptors (Lipinski definition) is 18. The number of aliphatic carboxylic acids is 3. The Kier molecular flexibility index (Phi) is 32.0. The van der Waals surface area contributed by atoms with Crippen LogP contribution in [0.2, 0.25) is 0 Å². The number of fused-ring (bicyclic) bond motifs is 1. The molecule has 0 bridgehead atoms. The number of allylic oxidation sites excluding steroid dienone is 2. The van der Waals surface area contributed by atoms with Gasteiger partial charge in [-0.15, -0.1) is 0 Å². The van der Waals surface area contributed by atoms with Crippen molar-refractivity contribution in [3.8, 4) is 11.8 Å². The fraction of sp³-hybridized carbons (Fsp3) is 0.612. The van der Waals surface area contributed by atoms with Crippen molar-refractivity contribution in [2.75, 3.05) is 138 Å². The molecule has 26 nitrogen and oxygen atoms in total. The first kappa shape index (κ1) is 76.2. The van der Waals surface area contributed by atoms with E-state index in [1.165, 1.54) is 23.4 Å². The van der Waals surface area contributed by atoms with Gasteiger partial charge in [-0.2, -0.15) is 5.26 Å². The van der Waals surface area contributed by atoms with E-state index in [2.05, 4.69) is 55.4 Å². The summed E-state index contributed by atoms with van der Waals surface area (Å²) in [6.45, 7) is 7.69. The van der Waals surface area contributed by atoms with Gasteiger partial charge in [0.05, 0.1) is 69.1 Å². The van der Waals surface area contributed by atoms with Crippen LogP contribution in [0.1, 0.15) is 112 Å². The molecule has 3 aliphatic rings. The number of alkyl halides is 2. The van der Waals surface area contributed by atoms with E-state index in [-0.39, 0.29) is 102 Å². The first-order valence-corrected chi connectivity index (χ1v) is 33.2. The topological polar surface area (TPSA) is 334 Å². The van der Waals surface area contributed by atoms with Gasteiger partial charge in [0, 0.05) is 115 Å². The average Bonchev–Trinajstić information content (AvgIpc) is 1.72. The molecule has 3 atom stereocenters. The second kappa shape index (κ2) is 39.9. The van der Waals surface area contributed by atoms with Crippen LogP contribution in [0, 0.1) is 18.3 Å². The van der Waals surface area contributed by atoms with E-state index in [1.807, 2.05) is 29.7 Å². The second-order valence-corrected chi connectivity index (χ2v) is 25.0. The molecular weight excluding hydrogens is 1230 g/mol. The second-order valence-electron chi connectivity index (χ2n) is 25.0. The fourth-order valence-electron chi connectivity index (χ4n) is 11.9. The molecule has 2 unspecified atom stereocenters. The minimum atomic E-state index is -3.17. The summed E-state index contributed by atoms with van der Waals surface area (Å²) < 4.78 is 33.9. The largest absolute Gasteiger partial charge is 0.494 e. The predicted molar refractivity (Wildman–Crippen MR) is 350 cm³/mol. The number of aliphatic hydroxyl groups excluding tert-OH is 1. The summed E-state index contributed by atoms with van der Waals surface area (Å²) >= 11 is 0. The zero-order valence-corrected chi connectivity index (χ0v) is 55.0. The predicted octanol–water partition coefficient (Wildman–Crippen LogP) is 3.37. The first-order valence-electron chi connectivity index (χ1n) is 33.2. The number of amides is 5. The number of nitrogens with zero attached hydrogens (tertiary/aromatic N) is 9. The van der Waals surface area contributed by atoms with Gasteiger partial charge >= 0.3 is 17.9 Å². The number of nitriles is 1. The number of rotatable bonds is 36. The van der Waals surface area contributed by atoms with Crippen LogP contribution in [-0.4, -0.2) is 269 Å². The molecule has 3 saturated heterocycles. The van der Waals surface area contributed by atoms with Crippen molar-refractivity contribution >= 4 is 58.3 Å². The number of carboxylic acid groups (broad SMARTS) is 3. The molecule has 6 rings (SSSR count). The summed E-state index contributed by atoms with van der Waals surface area (Å²) in [6, 6.07) is 14.7. The minimum absolute atomic E-state index is 0.0555. The zero-order chi connectivity index (χ0) is 68.7. The van der Waals surface area contributed by atoms with Crippen LogP contribution >= 0.6 is 0 Å². The first-order chi connectivity index (χ1) is 45.5. The van der Waals surface area contributed by atoms with Crippen molar-refractivity contribution in [1.82, 2.24) is 60.6 Å². The number of unbranched alkanes of at least 4 members (excludes halogenated alkanes) is 5. The van der Waals surface area contributed by atoms with Crippen molar-refractivity contribution in [2.45, 2.75) is 128 Å². The third-order valence-corrected chi connectivity index (χ3v) is 17.2. The van der Waals surface area contributed by atoms with Gasteiger partial charge in [0.1, 0.15) is 18.0 Å². The molecule has 0 saturated carbocycles. The number of piperazine rings is 1. The Balaban J connectivity index is 0.919. The van der Waals surface area contributed by atoms with Gasteiger partial charge in [0.25, 0.3) is 11.8 Å². The number of ether oxygens (including phenoxy) is 1. The normalized spacial score (nSPS) is 18.0. The zero-order valence-electron chi connectivity index (χ0n) is 55.0. The highest BCUT2D eigenvalue weighted by atomic mass is 19.3. The van der Waals surface area contributed by atoms with E-state index < -0.39 is 73.5 Å². The summed E-state index contributed by atoms with van der Waals surface area (Å²) in [4.78, 5) is 117. The van der Waals surface area contributed by atoms with Gasteiger partial charge in [-0.1, -0.05) is 48.7 Å². The van der Waals surface area contributed by atoms with Gasteiger partial charge in [-0.25, -0.2) is 8.78 Å². The average molecular weight is 1330 g/mol. The molecule has 5 amide bonds. The Morgan fingerprint density at radius 3 is 1.96 bits per heavy atom. The molecule has 3 fully saturated rings. The van der Waals surface area contributed by atoms with Gasteiger partial charge in [-0.3, -0.25) is 73.2 Å². The highest BCUT2D eigenvalue weighted by Crippen LogP contribution is 2.32. The Bertz CT molecular complexity index is 3040. The number of aromatic nitrogens is 1. The molecular formula is C67H97F2N13O13. The molecule has 8 N–H and O–H groups in total. The maximum atomic E-state index is 14.0. The number of pyridine rings is 1. The summed E-state index contributed by atoms with van der Waals surface area (Å²) in [5, 5.41) is 61.9. The molecule has 28 heteroatoms. The van der Waals surface area contributed by atoms with Crippen molar-refractivity contribution in [2.24, 2.45) is 0 Å². The summed E-state index contributed by atoms with van der Waals surface area (Å²) in [7, 11) is 0. The molecule has 522 valence electrons. The van der Waals surface area contributed by atoms with Gasteiger partial charge in [0.2, 0.25) is 23.6 Å². The molecule has 3 aromatic rings. The highest BCUT2D eigenvalue weighted by Gasteiger charge is 2.47. The van der Waals surface area contributed by atoms with Gasteiger partial charge in [-0.05, 0) is 115 Å².